The first-order chi connectivity index (χ1) is 8.29. The Balaban J connectivity index is 2.08. The number of nitrogens with zero attached hydrogens (tertiary/aromatic N) is 2. The molecule has 3 nitrogen and oxygen atoms in total. The lowest BCUT2D eigenvalue weighted by Crippen LogP contribution is -1.99. The van der Waals surface area contributed by atoms with E-state index in [2.05, 4.69) is 32.8 Å². The highest BCUT2D eigenvalue weighted by Crippen LogP contribution is 2.18. The predicted octanol–water partition coefficient (Wildman–Crippen LogP) is 3.96. The molecule has 0 saturated carbocycles. The van der Waals surface area contributed by atoms with Crippen LogP contribution in [0.2, 0.25) is 0 Å². The van der Waals surface area contributed by atoms with Crippen molar-refractivity contribution in [2.75, 3.05) is 6.61 Å². The highest BCUT2D eigenvalue weighted by atomic mass is 79.9. The Labute approximate surface area is 109 Å². The average Bonchev–Trinajstić information content (AvgIpc) is 2.34. The number of aromatic nitrogens is 2. The molecule has 0 amide bonds. The Morgan fingerprint density at radius 3 is 2.94 bits per heavy atom. The smallest absolute Gasteiger partial charge is 0.232 e. The second-order valence-corrected chi connectivity index (χ2v) is 4.81. The molecule has 0 atom stereocenters. The molecule has 90 valence electrons. The number of ether oxygens (including phenoxy) is 1. The van der Waals surface area contributed by atoms with E-state index in [1.165, 1.54) is 12.8 Å². The molecule has 1 heterocycles. The third kappa shape index (κ3) is 3.40. The summed E-state index contributed by atoms with van der Waals surface area (Å²) in [6.07, 6.45) is 5.13. The van der Waals surface area contributed by atoms with Crippen molar-refractivity contribution in [3.8, 4) is 5.88 Å². The van der Waals surface area contributed by atoms with Crippen molar-refractivity contribution >= 4 is 27.0 Å². The summed E-state index contributed by atoms with van der Waals surface area (Å²) in [7, 11) is 0. The first-order valence-corrected chi connectivity index (χ1v) is 6.64. The van der Waals surface area contributed by atoms with E-state index in [-0.39, 0.29) is 0 Å². The maximum Gasteiger partial charge on any atom is 0.232 e. The van der Waals surface area contributed by atoms with E-state index in [0.717, 1.165) is 21.9 Å². The largest absolute Gasteiger partial charge is 0.477 e. The molecule has 0 aliphatic heterocycles. The Hall–Kier alpha value is -1.16. The summed E-state index contributed by atoms with van der Waals surface area (Å²) in [6, 6.07) is 5.84. The van der Waals surface area contributed by atoms with Gasteiger partial charge in [-0.05, 0) is 24.6 Å². The molecule has 0 bridgehead atoms. The topological polar surface area (TPSA) is 35.0 Å². The van der Waals surface area contributed by atoms with Gasteiger partial charge < -0.3 is 4.74 Å². The Morgan fingerprint density at radius 2 is 2.12 bits per heavy atom. The predicted molar refractivity (Wildman–Crippen MR) is 72.3 cm³/mol. The average molecular weight is 295 g/mol. The molecular weight excluding hydrogens is 280 g/mol. The van der Waals surface area contributed by atoms with Gasteiger partial charge in [-0.25, -0.2) is 9.97 Å². The SMILES string of the molecule is CCCCCOc1cnc2ccc(Br)cc2n1. The van der Waals surface area contributed by atoms with Crippen LogP contribution in [-0.4, -0.2) is 16.6 Å². The van der Waals surface area contributed by atoms with E-state index in [1.54, 1.807) is 6.20 Å². The quantitative estimate of drug-likeness (QED) is 0.783. The minimum atomic E-state index is 0.603. The molecule has 17 heavy (non-hydrogen) atoms. The fraction of sp³-hybridized carbons (Fsp3) is 0.385. The summed E-state index contributed by atoms with van der Waals surface area (Å²) in [5, 5.41) is 0. The molecule has 2 aromatic rings. The molecule has 4 heteroatoms. The number of rotatable bonds is 5. The van der Waals surface area contributed by atoms with Crippen LogP contribution in [0.25, 0.3) is 11.0 Å². The van der Waals surface area contributed by atoms with E-state index in [1.807, 2.05) is 18.2 Å². The maximum absolute atomic E-state index is 5.57. The van der Waals surface area contributed by atoms with Gasteiger partial charge in [0.2, 0.25) is 5.88 Å². The van der Waals surface area contributed by atoms with Crippen molar-refractivity contribution in [2.24, 2.45) is 0 Å². The molecule has 0 unspecified atom stereocenters. The Kier molecular flexibility index (Phi) is 4.31. The first kappa shape index (κ1) is 12.3. The van der Waals surface area contributed by atoms with Gasteiger partial charge in [0.25, 0.3) is 0 Å². The molecule has 2 rings (SSSR count). The molecule has 0 fully saturated rings. The third-order valence-corrected chi connectivity index (χ3v) is 2.97. The molecule has 0 spiro atoms. The van der Waals surface area contributed by atoms with Crippen LogP contribution < -0.4 is 4.74 Å². The standard InChI is InChI=1S/C13H15BrN2O/c1-2-3-4-7-17-13-9-15-11-6-5-10(14)8-12(11)16-13/h5-6,8-9H,2-4,7H2,1H3. The Morgan fingerprint density at radius 1 is 1.24 bits per heavy atom. The van der Waals surface area contributed by atoms with E-state index >= 15 is 0 Å². The molecular formula is C13H15BrN2O. The van der Waals surface area contributed by atoms with Gasteiger partial charge in [0.05, 0.1) is 23.8 Å². The normalized spacial score (nSPS) is 10.7. The summed E-state index contributed by atoms with van der Waals surface area (Å²) < 4.78 is 6.57. The molecule has 0 aliphatic carbocycles. The highest BCUT2D eigenvalue weighted by Gasteiger charge is 2.01. The summed E-state index contributed by atoms with van der Waals surface area (Å²) in [4.78, 5) is 8.73. The van der Waals surface area contributed by atoms with Crippen LogP contribution in [0.5, 0.6) is 5.88 Å². The number of hydrogen-bond donors (Lipinski definition) is 0. The lowest BCUT2D eigenvalue weighted by Gasteiger charge is -2.05. The van der Waals surface area contributed by atoms with Crippen LogP contribution >= 0.6 is 15.9 Å². The number of fused-ring (bicyclic) bond motifs is 1. The molecule has 0 saturated heterocycles. The second-order valence-electron chi connectivity index (χ2n) is 3.90. The van der Waals surface area contributed by atoms with Crippen molar-refractivity contribution in [3.05, 3.63) is 28.9 Å². The zero-order chi connectivity index (χ0) is 12.1. The highest BCUT2D eigenvalue weighted by molar-refractivity contribution is 9.10. The number of unbranched alkanes of at least 4 members (excludes halogenated alkanes) is 2. The summed E-state index contributed by atoms with van der Waals surface area (Å²) in [5.74, 6) is 0.603. The summed E-state index contributed by atoms with van der Waals surface area (Å²) >= 11 is 3.42. The lowest BCUT2D eigenvalue weighted by molar-refractivity contribution is 0.295. The lowest BCUT2D eigenvalue weighted by atomic mass is 10.3. The summed E-state index contributed by atoms with van der Waals surface area (Å²) in [5.41, 5.74) is 1.74. The number of benzene rings is 1. The van der Waals surface area contributed by atoms with E-state index in [4.69, 9.17) is 4.74 Å². The molecule has 0 N–H and O–H groups in total. The molecule has 0 radical (unpaired) electrons. The van der Waals surface area contributed by atoms with E-state index in [0.29, 0.717) is 12.5 Å². The number of halogens is 1. The van der Waals surface area contributed by atoms with Gasteiger partial charge in [0.1, 0.15) is 0 Å². The van der Waals surface area contributed by atoms with Crippen LogP contribution in [0.1, 0.15) is 26.2 Å². The monoisotopic (exact) mass is 294 g/mol. The van der Waals surface area contributed by atoms with Crippen molar-refractivity contribution < 1.29 is 4.74 Å². The summed E-state index contributed by atoms with van der Waals surface area (Å²) in [6.45, 7) is 2.88. The minimum Gasteiger partial charge on any atom is -0.477 e. The fourth-order valence-corrected chi connectivity index (χ4v) is 1.91. The maximum atomic E-state index is 5.57. The van der Waals surface area contributed by atoms with Gasteiger partial charge >= 0.3 is 0 Å². The Bertz CT molecular complexity index is 502. The van der Waals surface area contributed by atoms with Gasteiger partial charge in [0, 0.05) is 4.47 Å². The van der Waals surface area contributed by atoms with E-state index in [9.17, 15) is 0 Å². The van der Waals surface area contributed by atoms with Gasteiger partial charge in [-0.1, -0.05) is 35.7 Å². The van der Waals surface area contributed by atoms with Crippen LogP contribution in [0.15, 0.2) is 28.9 Å². The molecule has 1 aromatic heterocycles. The second kappa shape index (κ2) is 5.96. The van der Waals surface area contributed by atoms with Gasteiger partial charge in [0.15, 0.2) is 0 Å². The third-order valence-electron chi connectivity index (χ3n) is 2.48. The van der Waals surface area contributed by atoms with E-state index < -0.39 is 0 Å². The van der Waals surface area contributed by atoms with Gasteiger partial charge in [-0.3, -0.25) is 0 Å². The zero-order valence-corrected chi connectivity index (χ0v) is 11.4. The van der Waals surface area contributed by atoms with Crippen molar-refractivity contribution in [2.45, 2.75) is 26.2 Å². The minimum absolute atomic E-state index is 0.603. The molecule has 0 aliphatic rings. The van der Waals surface area contributed by atoms with Gasteiger partial charge in [-0.15, -0.1) is 0 Å². The zero-order valence-electron chi connectivity index (χ0n) is 9.82. The van der Waals surface area contributed by atoms with Crippen molar-refractivity contribution in [1.82, 2.24) is 9.97 Å². The number of hydrogen-bond acceptors (Lipinski definition) is 3. The van der Waals surface area contributed by atoms with Crippen molar-refractivity contribution in [1.29, 1.82) is 0 Å². The van der Waals surface area contributed by atoms with Gasteiger partial charge in [-0.2, -0.15) is 0 Å². The first-order valence-electron chi connectivity index (χ1n) is 5.84. The molecule has 1 aromatic carbocycles. The van der Waals surface area contributed by atoms with Crippen LogP contribution in [0.4, 0.5) is 0 Å². The van der Waals surface area contributed by atoms with Crippen LogP contribution in [0.3, 0.4) is 0 Å². The van der Waals surface area contributed by atoms with Crippen LogP contribution in [0, 0.1) is 0 Å². The van der Waals surface area contributed by atoms with Crippen LogP contribution in [-0.2, 0) is 0 Å². The fourth-order valence-electron chi connectivity index (χ4n) is 1.57. The van der Waals surface area contributed by atoms with Crippen molar-refractivity contribution in [3.63, 3.8) is 0 Å².